The molecule has 1 saturated heterocycles. The van der Waals surface area contributed by atoms with Gasteiger partial charge in [-0.25, -0.2) is 9.97 Å². The summed E-state index contributed by atoms with van der Waals surface area (Å²) in [6.45, 7) is 3.19. The van der Waals surface area contributed by atoms with Gasteiger partial charge in [0.25, 0.3) is 0 Å². The molecule has 1 aromatic carbocycles. The summed E-state index contributed by atoms with van der Waals surface area (Å²) in [5, 5.41) is 0. The van der Waals surface area contributed by atoms with E-state index in [4.69, 9.17) is 4.98 Å². The fourth-order valence-electron chi connectivity index (χ4n) is 4.91. The minimum atomic E-state index is 0.493. The quantitative estimate of drug-likeness (QED) is 0.706. The van der Waals surface area contributed by atoms with Crippen LogP contribution >= 0.6 is 0 Å². The molecule has 1 atom stereocenters. The van der Waals surface area contributed by atoms with Crippen LogP contribution in [0.1, 0.15) is 61.8 Å². The Bertz CT molecular complexity index is 856. The van der Waals surface area contributed by atoms with Gasteiger partial charge in [0.2, 0.25) is 0 Å². The number of nitrogens with one attached hydrogen (secondary N) is 2. The number of para-hydroxylation sites is 2. The first-order chi connectivity index (χ1) is 13.3. The summed E-state index contributed by atoms with van der Waals surface area (Å²) in [5.74, 6) is 3.67. The third-order valence-corrected chi connectivity index (χ3v) is 6.33. The van der Waals surface area contributed by atoms with Crippen molar-refractivity contribution in [3.05, 3.63) is 47.8 Å². The summed E-state index contributed by atoms with van der Waals surface area (Å²) in [4.78, 5) is 19.2. The molecule has 3 aromatic rings. The van der Waals surface area contributed by atoms with Crippen molar-refractivity contribution in [2.24, 2.45) is 5.92 Å². The maximum absolute atomic E-state index is 4.84. The Balaban J connectivity index is 1.22. The molecule has 2 aliphatic rings. The lowest BCUT2D eigenvalue weighted by molar-refractivity contribution is 0.195. The van der Waals surface area contributed by atoms with Crippen molar-refractivity contribution >= 4 is 11.0 Å². The zero-order valence-electron chi connectivity index (χ0n) is 16.0. The van der Waals surface area contributed by atoms with E-state index >= 15 is 0 Å². The van der Waals surface area contributed by atoms with E-state index in [1.807, 2.05) is 0 Å². The zero-order valence-corrected chi connectivity index (χ0v) is 16.0. The average molecular weight is 364 g/mol. The molecule has 5 nitrogen and oxygen atoms in total. The molecular formula is C22H29N5. The largest absolute Gasteiger partial charge is 0.345 e. The molecule has 1 saturated carbocycles. The van der Waals surface area contributed by atoms with Gasteiger partial charge in [-0.2, -0.15) is 0 Å². The number of imidazole rings is 2. The molecule has 142 valence electrons. The molecule has 5 rings (SSSR count). The van der Waals surface area contributed by atoms with Gasteiger partial charge in [0, 0.05) is 37.3 Å². The Morgan fingerprint density at radius 2 is 1.93 bits per heavy atom. The van der Waals surface area contributed by atoms with Crippen LogP contribution in [0.4, 0.5) is 0 Å². The van der Waals surface area contributed by atoms with E-state index in [9.17, 15) is 0 Å². The van der Waals surface area contributed by atoms with Crippen molar-refractivity contribution in [3.8, 4) is 0 Å². The lowest BCUT2D eigenvalue weighted by atomic mass is 9.97. The minimum absolute atomic E-state index is 0.493. The van der Waals surface area contributed by atoms with Gasteiger partial charge in [-0.3, -0.25) is 4.90 Å². The van der Waals surface area contributed by atoms with Crippen LogP contribution in [-0.2, 0) is 13.0 Å². The number of rotatable bonds is 5. The second kappa shape index (κ2) is 7.47. The second-order valence-corrected chi connectivity index (χ2v) is 8.42. The first-order valence-electron chi connectivity index (χ1n) is 10.5. The highest BCUT2D eigenvalue weighted by Crippen LogP contribution is 2.29. The van der Waals surface area contributed by atoms with Crippen molar-refractivity contribution in [3.63, 3.8) is 0 Å². The van der Waals surface area contributed by atoms with Crippen molar-refractivity contribution in [1.29, 1.82) is 0 Å². The number of piperidine rings is 1. The molecule has 1 aliphatic heterocycles. The Morgan fingerprint density at radius 1 is 1.04 bits per heavy atom. The highest BCUT2D eigenvalue weighted by Gasteiger charge is 2.24. The molecule has 2 aromatic heterocycles. The summed E-state index contributed by atoms with van der Waals surface area (Å²) < 4.78 is 0. The van der Waals surface area contributed by atoms with Crippen LogP contribution in [0.2, 0.25) is 0 Å². The highest BCUT2D eigenvalue weighted by molar-refractivity contribution is 5.74. The summed E-state index contributed by atoms with van der Waals surface area (Å²) in [7, 11) is 0. The monoisotopic (exact) mass is 363 g/mol. The SMILES string of the molecule is c1ccc2[nH]c(C3CCCN(Cc4cnc(CC5CCCC5)[nH]4)C3)nc2c1. The molecule has 0 amide bonds. The lowest BCUT2D eigenvalue weighted by Gasteiger charge is -2.31. The van der Waals surface area contributed by atoms with E-state index in [1.54, 1.807) is 0 Å². The van der Waals surface area contributed by atoms with Gasteiger partial charge >= 0.3 is 0 Å². The molecule has 2 N–H and O–H groups in total. The summed E-state index contributed by atoms with van der Waals surface area (Å²) in [5.41, 5.74) is 3.48. The first-order valence-corrected chi connectivity index (χ1v) is 10.5. The summed E-state index contributed by atoms with van der Waals surface area (Å²) >= 11 is 0. The molecule has 5 heteroatoms. The molecule has 3 heterocycles. The third kappa shape index (κ3) is 3.79. The van der Waals surface area contributed by atoms with Gasteiger partial charge in [0.05, 0.1) is 11.0 Å². The van der Waals surface area contributed by atoms with Crippen LogP contribution in [0.3, 0.4) is 0 Å². The van der Waals surface area contributed by atoms with Crippen molar-refractivity contribution in [2.75, 3.05) is 13.1 Å². The first kappa shape index (κ1) is 17.0. The van der Waals surface area contributed by atoms with Gasteiger partial charge < -0.3 is 9.97 Å². The smallest absolute Gasteiger partial charge is 0.111 e. The second-order valence-electron chi connectivity index (χ2n) is 8.42. The molecule has 0 radical (unpaired) electrons. The Kier molecular flexibility index (Phi) is 4.70. The van der Waals surface area contributed by atoms with Crippen molar-refractivity contribution in [2.45, 2.75) is 57.4 Å². The van der Waals surface area contributed by atoms with Crippen LogP contribution in [0, 0.1) is 5.92 Å². The predicted molar refractivity (Wildman–Crippen MR) is 108 cm³/mol. The number of fused-ring (bicyclic) bond motifs is 1. The van der Waals surface area contributed by atoms with Crippen LogP contribution < -0.4 is 0 Å². The van der Waals surface area contributed by atoms with E-state index in [-0.39, 0.29) is 0 Å². The molecule has 2 fully saturated rings. The summed E-state index contributed by atoms with van der Waals surface area (Å²) in [6.07, 6.45) is 11.2. The normalized spacial score (nSPS) is 22.0. The maximum Gasteiger partial charge on any atom is 0.111 e. The fraction of sp³-hybridized carbons (Fsp3) is 0.545. The minimum Gasteiger partial charge on any atom is -0.345 e. The predicted octanol–water partition coefficient (Wildman–Crippen LogP) is 4.40. The van der Waals surface area contributed by atoms with E-state index in [0.717, 1.165) is 48.8 Å². The molecule has 1 aliphatic carbocycles. The zero-order chi connectivity index (χ0) is 18.1. The van der Waals surface area contributed by atoms with Crippen LogP contribution in [0.5, 0.6) is 0 Å². The average Bonchev–Trinajstić information content (AvgIpc) is 3.43. The number of aromatic amines is 2. The summed E-state index contributed by atoms with van der Waals surface area (Å²) in [6, 6.07) is 8.33. The van der Waals surface area contributed by atoms with Crippen molar-refractivity contribution < 1.29 is 0 Å². The van der Waals surface area contributed by atoms with E-state index < -0.39 is 0 Å². The van der Waals surface area contributed by atoms with Crippen LogP contribution in [0.15, 0.2) is 30.5 Å². The van der Waals surface area contributed by atoms with Crippen molar-refractivity contribution in [1.82, 2.24) is 24.8 Å². The Morgan fingerprint density at radius 3 is 2.81 bits per heavy atom. The van der Waals surface area contributed by atoms with Gasteiger partial charge in [-0.05, 0) is 37.4 Å². The fourth-order valence-corrected chi connectivity index (χ4v) is 4.91. The van der Waals surface area contributed by atoms with E-state index in [0.29, 0.717) is 5.92 Å². The molecule has 27 heavy (non-hydrogen) atoms. The number of aromatic nitrogens is 4. The number of benzene rings is 1. The number of hydrogen-bond donors (Lipinski definition) is 2. The number of H-pyrrole nitrogens is 2. The topological polar surface area (TPSA) is 60.6 Å². The third-order valence-electron chi connectivity index (χ3n) is 6.33. The van der Waals surface area contributed by atoms with Gasteiger partial charge in [-0.15, -0.1) is 0 Å². The number of likely N-dealkylation sites (tertiary alicyclic amines) is 1. The lowest BCUT2D eigenvalue weighted by Crippen LogP contribution is -2.34. The highest BCUT2D eigenvalue weighted by atomic mass is 15.2. The molecular weight excluding hydrogens is 334 g/mol. The Hall–Kier alpha value is -2.14. The Labute approximate surface area is 160 Å². The molecule has 0 spiro atoms. The van der Waals surface area contributed by atoms with Crippen LogP contribution in [-0.4, -0.2) is 37.9 Å². The van der Waals surface area contributed by atoms with Crippen LogP contribution in [0.25, 0.3) is 11.0 Å². The van der Waals surface area contributed by atoms with Gasteiger partial charge in [-0.1, -0.05) is 37.8 Å². The molecule has 0 bridgehead atoms. The van der Waals surface area contributed by atoms with E-state index in [2.05, 4.69) is 50.3 Å². The maximum atomic E-state index is 4.84. The number of nitrogens with zero attached hydrogens (tertiary/aromatic N) is 3. The number of hydrogen-bond acceptors (Lipinski definition) is 3. The molecule has 1 unspecified atom stereocenters. The van der Waals surface area contributed by atoms with E-state index in [1.165, 1.54) is 50.0 Å². The standard InChI is InChI=1S/C22H29N5/c1-2-7-16(6-1)12-21-23-13-18(24-21)15-27-11-5-8-17(14-27)22-25-19-9-3-4-10-20(19)26-22/h3-4,9-10,13,16-17H,1-2,5-8,11-12,14-15H2,(H,23,24)(H,25,26). The van der Waals surface area contributed by atoms with Gasteiger partial charge in [0.1, 0.15) is 11.6 Å². The van der Waals surface area contributed by atoms with Gasteiger partial charge in [0.15, 0.2) is 0 Å².